The molecule has 5 nitrogen and oxygen atoms in total. The van der Waals surface area contributed by atoms with E-state index in [0.29, 0.717) is 12.1 Å². The van der Waals surface area contributed by atoms with E-state index in [-0.39, 0.29) is 6.09 Å². The average Bonchev–Trinajstić information content (AvgIpc) is 2.52. The highest BCUT2D eigenvalue weighted by Gasteiger charge is 2.29. The van der Waals surface area contributed by atoms with Gasteiger partial charge in [-0.1, -0.05) is 0 Å². The highest BCUT2D eigenvalue weighted by molar-refractivity contribution is 5.68. The van der Waals surface area contributed by atoms with Crippen LogP contribution in [0.4, 0.5) is 4.79 Å². The molecule has 2 aliphatic rings. The van der Waals surface area contributed by atoms with Crippen molar-refractivity contribution in [3.63, 3.8) is 0 Å². The minimum absolute atomic E-state index is 0.198. The van der Waals surface area contributed by atoms with Crippen molar-refractivity contribution in [3.8, 4) is 0 Å². The van der Waals surface area contributed by atoms with Crippen molar-refractivity contribution in [1.82, 2.24) is 10.2 Å². The molecule has 0 atom stereocenters. The molecule has 1 amide bonds. The van der Waals surface area contributed by atoms with Gasteiger partial charge >= 0.3 is 6.09 Å². The maximum absolute atomic E-state index is 12.1. The number of carbonyl (C=O) groups excluding carboxylic acids is 1. The molecule has 1 heterocycles. The van der Waals surface area contributed by atoms with Crippen LogP contribution in [0.2, 0.25) is 0 Å². The zero-order chi connectivity index (χ0) is 16.9. The second-order valence-corrected chi connectivity index (χ2v) is 8.06. The number of rotatable bonds is 4. The van der Waals surface area contributed by atoms with Crippen LogP contribution in [0.25, 0.3) is 0 Å². The van der Waals surface area contributed by atoms with E-state index in [2.05, 4.69) is 5.32 Å². The largest absolute Gasteiger partial charge is 0.444 e. The summed E-state index contributed by atoms with van der Waals surface area (Å²) < 4.78 is 10.9. The Bertz CT molecular complexity index is 367. The molecule has 0 radical (unpaired) electrons. The molecule has 1 aliphatic heterocycles. The molecular formula is C18H34N2O3. The number of nitrogens with one attached hydrogen (secondary N) is 1. The fourth-order valence-corrected chi connectivity index (χ4v) is 3.43. The Hall–Kier alpha value is -0.810. The molecule has 0 unspecified atom stereocenters. The van der Waals surface area contributed by atoms with Gasteiger partial charge in [0.15, 0.2) is 0 Å². The maximum atomic E-state index is 12.1. The van der Waals surface area contributed by atoms with E-state index >= 15 is 0 Å². The van der Waals surface area contributed by atoms with Crippen LogP contribution in [0.1, 0.15) is 59.3 Å². The van der Waals surface area contributed by atoms with Crippen molar-refractivity contribution in [2.45, 2.75) is 77.0 Å². The smallest absolute Gasteiger partial charge is 0.410 e. The lowest BCUT2D eigenvalue weighted by atomic mass is 9.89. The minimum Gasteiger partial charge on any atom is -0.444 e. The fraction of sp³-hybridized carbons (Fsp3) is 0.944. The lowest BCUT2D eigenvalue weighted by molar-refractivity contribution is 0.0177. The SMILES string of the molecule is CN(C(=O)OC(C)(C)C)C1CCC(NCC2CCOCC2)CC1. The summed E-state index contributed by atoms with van der Waals surface area (Å²) in [6, 6.07) is 0.909. The summed E-state index contributed by atoms with van der Waals surface area (Å²) in [7, 11) is 1.87. The van der Waals surface area contributed by atoms with Gasteiger partial charge in [-0.3, -0.25) is 0 Å². The predicted molar refractivity (Wildman–Crippen MR) is 91.6 cm³/mol. The molecule has 1 saturated carbocycles. The summed E-state index contributed by atoms with van der Waals surface area (Å²) in [5.74, 6) is 0.769. The van der Waals surface area contributed by atoms with Gasteiger partial charge in [0.25, 0.3) is 0 Å². The van der Waals surface area contributed by atoms with Crippen LogP contribution < -0.4 is 5.32 Å². The van der Waals surface area contributed by atoms with Gasteiger partial charge in [0.2, 0.25) is 0 Å². The normalized spacial score (nSPS) is 26.8. The molecule has 0 aromatic rings. The van der Waals surface area contributed by atoms with Crippen LogP contribution in [0.5, 0.6) is 0 Å². The highest BCUT2D eigenvalue weighted by Crippen LogP contribution is 2.24. The molecule has 1 saturated heterocycles. The van der Waals surface area contributed by atoms with Gasteiger partial charge in [-0.05, 0) is 71.8 Å². The van der Waals surface area contributed by atoms with Crippen molar-refractivity contribution in [1.29, 1.82) is 0 Å². The van der Waals surface area contributed by atoms with Gasteiger partial charge in [0.05, 0.1) is 0 Å². The standard InChI is InChI=1S/C18H34N2O3/c1-18(2,3)23-17(21)20(4)16-7-5-15(6-8-16)19-13-14-9-11-22-12-10-14/h14-16,19H,5-13H2,1-4H3. The molecule has 1 aliphatic carbocycles. The molecule has 5 heteroatoms. The fourth-order valence-electron chi connectivity index (χ4n) is 3.43. The van der Waals surface area contributed by atoms with Gasteiger partial charge in [-0.15, -0.1) is 0 Å². The third-order valence-electron chi connectivity index (χ3n) is 4.96. The van der Waals surface area contributed by atoms with Crippen molar-refractivity contribution >= 4 is 6.09 Å². The molecule has 0 aromatic carbocycles. The Morgan fingerprint density at radius 2 is 1.74 bits per heavy atom. The summed E-state index contributed by atoms with van der Waals surface area (Å²) in [4.78, 5) is 13.9. The van der Waals surface area contributed by atoms with Crippen molar-refractivity contribution < 1.29 is 14.3 Å². The molecule has 1 N–H and O–H groups in total. The number of carbonyl (C=O) groups is 1. The summed E-state index contributed by atoms with van der Waals surface area (Å²) in [6.07, 6.45) is 6.56. The van der Waals surface area contributed by atoms with Gasteiger partial charge in [-0.2, -0.15) is 0 Å². The summed E-state index contributed by atoms with van der Waals surface area (Å²) >= 11 is 0. The Morgan fingerprint density at radius 3 is 2.30 bits per heavy atom. The maximum Gasteiger partial charge on any atom is 0.410 e. The van der Waals surface area contributed by atoms with Crippen molar-refractivity contribution in [3.05, 3.63) is 0 Å². The second-order valence-electron chi connectivity index (χ2n) is 8.06. The Labute approximate surface area is 141 Å². The molecule has 2 fully saturated rings. The first-order valence-corrected chi connectivity index (χ1v) is 9.12. The van der Waals surface area contributed by atoms with Gasteiger partial charge in [0, 0.05) is 32.3 Å². The zero-order valence-corrected chi connectivity index (χ0v) is 15.3. The summed E-state index contributed by atoms with van der Waals surface area (Å²) in [5, 5.41) is 3.73. The summed E-state index contributed by atoms with van der Waals surface area (Å²) in [5.41, 5.74) is -0.423. The third-order valence-corrected chi connectivity index (χ3v) is 4.96. The minimum atomic E-state index is -0.423. The molecule has 134 valence electrons. The van der Waals surface area contributed by atoms with E-state index in [1.807, 2.05) is 27.8 Å². The lowest BCUT2D eigenvalue weighted by Crippen LogP contribution is -2.45. The number of nitrogens with zero attached hydrogens (tertiary/aromatic N) is 1. The first kappa shape index (κ1) is 18.5. The molecule has 0 aromatic heterocycles. The van der Waals surface area contributed by atoms with Gasteiger partial charge in [0.1, 0.15) is 5.60 Å². The molecule has 0 spiro atoms. The lowest BCUT2D eigenvalue weighted by Gasteiger charge is -2.36. The Morgan fingerprint density at radius 1 is 1.13 bits per heavy atom. The van der Waals surface area contributed by atoms with E-state index in [4.69, 9.17) is 9.47 Å². The van der Waals surface area contributed by atoms with Crippen LogP contribution in [0, 0.1) is 5.92 Å². The van der Waals surface area contributed by atoms with Crippen LogP contribution in [-0.2, 0) is 9.47 Å². The third kappa shape index (κ3) is 6.30. The number of ether oxygens (including phenoxy) is 2. The first-order valence-electron chi connectivity index (χ1n) is 9.12. The Balaban J connectivity index is 1.67. The van der Waals surface area contributed by atoms with E-state index < -0.39 is 5.60 Å². The average molecular weight is 326 g/mol. The topological polar surface area (TPSA) is 50.8 Å². The summed E-state index contributed by atoms with van der Waals surface area (Å²) in [6.45, 7) is 8.68. The van der Waals surface area contributed by atoms with E-state index in [0.717, 1.165) is 51.4 Å². The first-order chi connectivity index (χ1) is 10.8. The molecule has 2 rings (SSSR count). The van der Waals surface area contributed by atoms with Crippen LogP contribution in [0.3, 0.4) is 0 Å². The quantitative estimate of drug-likeness (QED) is 0.862. The zero-order valence-electron chi connectivity index (χ0n) is 15.3. The molecule has 0 bridgehead atoms. The second kappa shape index (κ2) is 8.34. The van der Waals surface area contributed by atoms with E-state index in [1.54, 1.807) is 4.90 Å². The van der Waals surface area contributed by atoms with Gasteiger partial charge < -0.3 is 19.7 Å². The Kier molecular flexibility index (Phi) is 6.72. The van der Waals surface area contributed by atoms with Crippen LogP contribution in [-0.4, -0.2) is 55.5 Å². The highest BCUT2D eigenvalue weighted by atomic mass is 16.6. The number of hydrogen-bond acceptors (Lipinski definition) is 4. The number of hydrogen-bond donors (Lipinski definition) is 1. The molecule has 23 heavy (non-hydrogen) atoms. The number of amides is 1. The van der Waals surface area contributed by atoms with Gasteiger partial charge in [-0.25, -0.2) is 4.79 Å². The van der Waals surface area contributed by atoms with Crippen LogP contribution >= 0.6 is 0 Å². The monoisotopic (exact) mass is 326 g/mol. The van der Waals surface area contributed by atoms with E-state index in [9.17, 15) is 4.79 Å². The molecular weight excluding hydrogens is 292 g/mol. The van der Waals surface area contributed by atoms with E-state index in [1.165, 1.54) is 12.8 Å². The predicted octanol–water partition coefficient (Wildman–Crippen LogP) is 3.18. The van der Waals surface area contributed by atoms with Crippen molar-refractivity contribution in [2.75, 3.05) is 26.8 Å². The van der Waals surface area contributed by atoms with Crippen molar-refractivity contribution in [2.24, 2.45) is 5.92 Å². The van der Waals surface area contributed by atoms with Crippen LogP contribution in [0.15, 0.2) is 0 Å².